The predicted molar refractivity (Wildman–Crippen MR) is 101 cm³/mol. The van der Waals surface area contributed by atoms with Gasteiger partial charge < -0.3 is 15.0 Å². The largest absolute Gasteiger partial charge is 0.497 e. The summed E-state index contributed by atoms with van der Waals surface area (Å²) in [5.41, 5.74) is 1.38. The first-order valence-corrected chi connectivity index (χ1v) is 9.36. The van der Waals surface area contributed by atoms with Crippen LogP contribution in [0.5, 0.6) is 5.75 Å². The Morgan fingerprint density at radius 2 is 2.09 bits per heavy atom. The molecule has 5 heteroatoms. The SMILES string of the molecule is CN=C(NCC(C)(C)SC)N1CCC(c2ccc(OC)cc2)C1. The Bertz CT molecular complexity index is 528. The second kappa shape index (κ2) is 7.95. The van der Waals surface area contributed by atoms with E-state index >= 15 is 0 Å². The quantitative estimate of drug-likeness (QED) is 0.662. The zero-order chi connectivity index (χ0) is 16.9. The van der Waals surface area contributed by atoms with Crippen LogP contribution in [-0.4, -0.2) is 55.7 Å². The summed E-state index contributed by atoms with van der Waals surface area (Å²) in [6.07, 6.45) is 3.32. The average Bonchev–Trinajstić information content (AvgIpc) is 3.05. The topological polar surface area (TPSA) is 36.9 Å². The van der Waals surface area contributed by atoms with Gasteiger partial charge in [0.25, 0.3) is 0 Å². The van der Waals surface area contributed by atoms with Crippen molar-refractivity contribution >= 4 is 17.7 Å². The monoisotopic (exact) mass is 335 g/mol. The second-order valence-electron chi connectivity index (χ2n) is 6.57. The standard InChI is InChI=1S/C18H29N3OS/c1-18(2,23-5)13-20-17(19-3)21-11-10-15(12-21)14-6-8-16(22-4)9-7-14/h6-9,15H,10-13H2,1-5H3,(H,19,20). The molecule has 0 bridgehead atoms. The van der Waals surface area contributed by atoms with Crippen LogP contribution in [-0.2, 0) is 0 Å². The number of aliphatic imine (C=N–C) groups is 1. The molecule has 0 spiro atoms. The summed E-state index contributed by atoms with van der Waals surface area (Å²) in [5.74, 6) is 2.50. The van der Waals surface area contributed by atoms with Crippen LogP contribution in [0.1, 0.15) is 31.7 Å². The van der Waals surface area contributed by atoms with Crippen molar-refractivity contribution in [2.24, 2.45) is 4.99 Å². The lowest BCUT2D eigenvalue weighted by molar-refractivity contribution is 0.414. The minimum atomic E-state index is 0.213. The van der Waals surface area contributed by atoms with Gasteiger partial charge in [0.1, 0.15) is 5.75 Å². The fraction of sp³-hybridized carbons (Fsp3) is 0.611. The molecule has 0 saturated carbocycles. The average molecular weight is 336 g/mol. The maximum absolute atomic E-state index is 5.24. The molecule has 0 amide bonds. The van der Waals surface area contributed by atoms with E-state index in [2.05, 4.69) is 47.4 Å². The Labute approximate surface area is 144 Å². The van der Waals surface area contributed by atoms with E-state index in [0.29, 0.717) is 5.92 Å². The number of thioether (sulfide) groups is 1. The summed E-state index contributed by atoms with van der Waals surface area (Å²) in [5, 5.41) is 3.53. The van der Waals surface area contributed by atoms with Crippen LogP contribution in [0.2, 0.25) is 0 Å². The zero-order valence-corrected chi connectivity index (χ0v) is 15.7. The van der Waals surface area contributed by atoms with Gasteiger partial charge in [-0.3, -0.25) is 4.99 Å². The summed E-state index contributed by atoms with van der Waals surface area (Å²) >= 11 is 1.88. The van der Waals surface area contributed by atoms with Gasteiger partial charge >= 0.3 is 0 Å². The molecule has 1 aliphatic heterocycles. The maximum atomic E-state index is 5.24. The third kappa shape index (κ3) is 4.80. The van der Waals surface area contributed by atoms with Crippen molar-refractivity contribution in [3.8, 4) is 5.75 Å². The van der Waals surface area contributed by atoms with E-state index in [-0.39, 0.29) is 4.75 Å². The zero-order valence-electron chi connectivity index (χ0n) is 14.9. The number of methoxy groups -OCH3 is 1. The third-order valence-corrected chi connectivity index (χ3v) is 5.76. The van der Waals surface area contributed by atoms with Gasteiger partial charge in [-0.05, 0) is 44.2 Å². The molecular formula is C18H29N3OS. The molecule has 0 aliphatic carbocycles. The maximum Gasteiger partial charge on any atom is 0.193 e. The van der Waals surface area contributed by atoms with Gasteiger partial charge in [-0.15, -0.1) is 0 Å². The van der Waals surface area contributed by atoms with E-state index in [0.717, 1.165) is 31.3 Å². The van der Waals surface area contributed by atoms with Crippen molar-refractivity contribution < 1.29 is 4.74 Å². The molecule has 1 saturated heterocycles. The number of benzene rings is 1. The Morgan fingerprint density at radius 1 is 1.39 bits per heavy atom. The van der Waals surface area contributed by atoms with Crippen LogP contribution < -0.4 is 10.1 Å². The van der Waals surface area contributed by atoms with Gasteiger partial charge in [-0.2, -0.15) is 11.8 Å². The molecular weight excluding hydrogens is 306 g/mol. The van der Waals surface area contributed by atoms with Crippen LogP contribution >= 0.6 is 11.8 Å². The molecule has 1 aromatic rings. The minimum Gasteiger partial charge on any atom is -0.497 e. The highest BCUT2D eigenvalue weighted by Gasteiger charge is 2.27. The van der Waals surface area contributed by atoms with Crippen LogP contribution in [0.4, 0.5) is 0 Å². The van der Waals surface area contributed by atoms with Crippen LogP contribution in [0.3, 0.4) is 0 Å². The van der Waals surface area contributed by atoms with Crippen molar-refractivity contribution in [3.63, 3.8) is 0 Å². The lowest BCUT2D eigenvalue weighted by Gasteiger charge is -2.27. The van der Waals surface area contributed by atoms with E-state index in [1.54, 1.807) is 7.11 Å². The summed E-state index contributed by atoms with van der Waals surface area (Å²) in [6.45, 7) is 7.50. The third-order valence-electron chi connectivity index (χ3n) is 4.51. The highest BCUT2D eigenvalue weighted by atomic mass is 32.2. The number of ether oxygens (including phenoxy) is 1. The first-order valence-electron chi connectivity index (χ1n) is 8.14. The van der Waals surface area contributed by atoms with Gasteiger partial charge in [0.2, 0.25) is 0 Å². The number of hydrogen-bond acceptors (Lipinski definition) is 3. The molecule has 1 fully saturated rings. The smallest absolute Gasteiger partial charge is 0.193 e. The summed E-state index contributed by atoms with van der Waals surface area (Å²) in [6, 6.07) is 8.46. The van der Waals surface area contributed by atoms with Crippen LogP contribution in [0.25, 0.3) is 0 Å². The second-order valence-corrected chi connectivity index (χ2v) is 8.08. The van der Waals surface area contributed by atoms with E-state index in [1.807, 2.05) is 30.9 Å². The lowest BCUT2D eigenvalue weighted by atomic mass is 9.98. The summed E-state index contributed by atoms with van der Waals surface area (Å²) in [7, 11) is 3.58. The number of likely N-dealkylation sites (tertiary alicyclic amines) is 1. The Hall–Kier alpha value is -1.36. The Balaban J connectivity index is 1.94. The molecule has 1 N–H and O–H groups in total. The van der Waals surface area contributed by atoms with E-state index < -0.39 is 0 Å². The number of guanidine groups is 1. The number of nitrogens with one attached hydrogen (secondary N) is 1. The molecule has 1 atom stereocenters. The minimum absolute atomic E-state index is 0.213. The number of nitrogens with zero attached hydrogens (tertiary/aromatic N) is 2. The molecule has 1 heterocycles. The number of hydrogen-bond donors (Lipinski definition) is 1. The van der Waals surface area contributed by atoms with Crippen LogP contribution in [0.15, 0.2) is 29.3 Å². The van der Waals surface area contributed by atoms with Gasteiger partial charge in [0, 0.05) is 37.3 Å². The molecule has 128 valence electrons. The summed E-state index contributed by atoms with van der Waals surface area (Å²) < 4.78 is 5.45. The first kappa shape index (κ1) is 18.0. The molecule has 23 heavy (non-hydrogen) atoms. The number of rotatable bonds is 5. The molecule has 1 aliphatic rings. The summed E-state index contributed by atoms with van der Waals surface area (Å²) in [4.78, 5) is 6.83. The first-order chi connectivity index (χ1) is 11.0. The van der Waals surface area contributed by atoms with E-state index in [4.69, 9.17) is 4.74 Å². The highest BCUT2D eigenvalue weighted by molar-refractivity contribution is 7.99. The van der Waals surface area contributed by atoms with Crippen molar-refractivity contribution in [2.75, 3.05) is 40.0 Å². The molecule has 2 rings (SSSR count). The Morgan fingerprint density at radius 3 is 2.65 bits per heavy atom. The van der Waals surface area contributed by atoms with Crippen molar-refractivity contribution in [2.45, 2.75) is 30.9 Å². The van der Waals surface area contributed by atoms with Gasteiger partial charge in [0.15, 0.2) is 5.96 Å². The lowest BCUT2D eigenvalue weighted by Crippen LogP contribution is -2.44. The van der Waals surface area contributed by atoms with Crippen LogP contribution in [0, 0.1) is 0 Å². The van der Waals surface area contributed by atoms with Crippen molar-refractivity contribution in [1.82, 2.24) is 10.2 Å². The van der Waals surface area contributed by atoms with Gasteiger partial charge in [-0.1, -0.05) is 12.1 Å². The van der Waals surface area contributed by atoms with E-state index in [1.165, 1.54) is 12.0 Å². The molecule has 0 radical (unpaired) electrons. The highest BCUT2D eigenvalue weighted by Crippen LogP contribution is 2.28. The molecule has 0 aromatic heterocycles. The molecule has 4 nitrogen and oxygen atoms in total. The molecule has 1 aromatic carbocycles. The fourth-order valence-electron chi connectivity index (χ4n) is 2.80. The fourth-order valence-corrected chi connectivity index (χ4v) is 3.01. The van der Waals surface area contributed by atoms with Gasteiger partial charge in [0.05, 0.1) is 7.11 Å². The predicted octanol–water partition coefficient (Wildman–Crippen LogP) is 3.20. The van der Waals surface area contributed by atoms with E-state index in [9.17, 15) is 0 Å². The van der Waals surface area contributed by atoms with Crippen molar-refractivity contribution in [1.29, 1.82) is 0 Å². The van der Waals surface area contributed by atoms with Crippen molar-refractivity contribution in [3.05, 3.63) is 29.8 Å². The van der Waals surface area contributed by atoms with Gasteiger partial charge in [-0.25, -0.2) is 0 Å². The molecule has 1 unspecified atom stereocenters. The Kier molecular flexibility index (Phi) is 6.22. The normalized spacial score (nSPS) is 19.1.